The Morgan fingerprint density at radius 1 is 1.42 bits per heavy atom. The van der Waals surface area contributed by atoms with Gasteiger partial charge in [-0.1, -0.05) is 13.8 Å². The van der Waals surface area contributed by atoms with Crippen LogP contribution in [0.5, 0.6) is 0 Å². The Morgan fingerprint density at radius 3 is 2.63 bits per heavy atom. The average molecular weight is 280 g/mol. The van der Waals surface area contributed by atoms with Gasteiger partial charge in [0.1, 0.15) is 0 Å². The van der Waals surface area contributed by atoms with Crippen LogP contribution in [0.1, 0.15) is 56.0 Å². The van der Waals surface area contributed by atoms with Gasteiger partial charge in [0, 0.05) is 17.5 Å². The minimum atomic E-state index is 0.252. The van der Waals surface area contributed by atoms with Crippen molar-refractivity contribution in [2.75, 3.05) is 13.1 Å². The monoisotopic (exact) mass is 280 g/mol. The number of rotatable bonds is 8. The first-order valence-electron chi connectivity index (χ1n) is 7.71. The fourth-order valence-electron chi connectivity index (χ4n) is 2.80. The molecule has 0 bridgehead atoms. The van der Waals surface area contributed by atoms with Crippen LogP contribution in [0.3, 0.4) is 0 Å². The first kappa shape index (κ1) is 15.0. The Bertz CT molecular complexity index is 384. The fraction of sp³-hybridized carbons (Fsp3) is 0.750. The third-order valence-corrected chi connectivity index (χ3v) is 5.23. The van der Waals surface area contributed by atoms with E-state index >= 15 is 0 Å². The van der Waals surface area contributed by atoms with E-state index in [1.807, 2.05) is 11.3 Å². The number of aryl methyl sites for hydroxylation is 1. The van der Waals surface area contributed by atoms with Crippen molar-refractivity contribution in [2.45, 2.75) is 58.5 Å². The molecule has 1 aliphatic carbocycles. The molecule has 0 aliphatic heterocycles. The summed E-state index contributed by atoms with van der Waals surface area (Å²) in [5.41, 5.74) is 7.88. The van der Waals surface area contributed by atoms with E-state index in [-0.39, 0.29) is 6.04 Å². The van der Waals surface area contributed by atoms with Gasteiger partial charge in [-0.3, -0.25) is 4.90 Å². The SMILES string of the molecule is CCCN(CC1CC1)C(c1sccc1C)C(N)CC. The molecule has 1 aliphatic rings. The van der Waals surface area contributed by atoms with Gasteiger partial charge in [-0.15, -0.1) is 11.3 Å². The molecule has 2 nitrogen and oxygen atoms in total. The van der Waals surface area contributed by atoms with Gasteiger partial charge < -0.3 is 5.73 Å². The molecule has 0 spiro atoms. The van der Waals surface area contributed by atoms with Gasteiger partial charge in [-0.2, -0.15) is 0 Å². The molecule has 2 unspecified atom stereocenters. The molecule has 0 amide bonds. The van der Waals surface area contributed by atoms with Crippen LogP contribution in [0.15, 0.2) is 11.4 Å². The third-order valence-electron chi connectivity index (χ3n) is 4.14. The first-order valence-corrected chi connectivity index (χ1v) is 8.58. The maximum atomic E-state index is 6.47. The molecular weight excluding hydrogens is 252 g/mol. The lowest BCUT2D eigenvalue weighted by Gasteiger charge is -2.35. The molecule has 0 radical (unpaired) electrons. The highest BCUT2D eigenvalue weighted by Gasteiger charge is 2.32. The molecule has 0 saturated heterocycles. The second-order valence-corrected chi connectivity index (χ2v) is 6.87. The maximum Gasteiger partial charge on any atom is 0.0596 e. The van der Waals surface area contributed by atoms with E-state index in [0.29, 0.717) is 6.04 Å². The molecule has 1 aromatic heterocycles. The summed E-state index contributed by atoms with van der Waals surface area (Å²) in [6, 6.07) is 2.91. The van der Waals surface area contributed by atoms with E-state index in [4.69, 9.17) is 5.73 Å². The van der Waals surface area contributed by atoms with Crippen molar-refractivity contribution in [3.63, 3.8) is 0 Å². The van der Waals surface area contributed by atoms with Crippen LogP contribution in [-0.2, 0) is 0 Å². The molecule has 2 rings (SSSR count). The van der Waals surface area contributed by atoms with E-state index in [2.05, 4.69) is 37.1 Å². The molecule has 19 heavy (non-hydrogen) atoms. The predicted octanol–water partition coefficient (Wildman–Crippen LogP) is 3.96. The molecular formula is C16H28N2S. The van der Waals surface area contributed by atoms with Crippen molar-refractivity contribution in [2.24, 2.45) is 11.7 Å². The molecule has 2 atom stereocenters. The fourth-order valence-corrected chi connectivity index (χ4v) is 3.94. The summed E-state index contributed by atoms with van der Waals surface area (Å²) in [5.74, 6) is 0.929. The summed E-state index contributed by atoms with van der Waals surface area (Å²) >= 11 is 1.88. The summed E-state index contributed by atoms with van der Waals surface area (Å²) in [7, 11) is 0. The number of nitrogens with zero attached hydrogens (tertiary/aromatic N) is 1. The Balaban J connectivity index is 2.20. The maximum absolute atomic E-state index is 6.47. The van der Waals surface area contributed by atoms with Gasteiger partial charge >= 0.3 is 0 Å². The Hall–Kier alpha value is -0.380. The molecule has 1 saturated carbocycles. The van der Waals surface area contributed by atoms with Crippen LogP contribution in [-0.4, -0.2) is 24.0 Å². The van der Waals surface area contributed by atoms with Crippen LogP contribution in [0.2, 0.25) is 0 Å². The van der Waals surface area contributed by atoms with Gasteiger partial charge in [0.2, 0.25) is 0 Å². The molecule has 108 valence electrons. The Labute approximate surface area is 122 Å². The normalized spacial score (nSPS) is 18.8. The number of thiophene rings is 1. The lowest BCUT2D eigenvalue weighted by Crippen LogP contribution is -2.42. The van der Waals surface area contributed by atoms with Crippen molar-refractivity contribution in [3.05, 3.63) is 21.9 Å². The zero-order valence-electron chi connectivity index (χ0n) is 12.6. The molecule has 1 heterocycles. The van der Waals surface area contributed by atoms with Gasteiger partial charge in [0.15, 0.2) is 0 Å². The van der Waals surface area contributed by atoms with Gasteiger partial charge in [-0.25, -0.2) is 0 Å². The highest BCUT2D eigenvalue weighted by Crippen LogP contribution is 2.36. The average Bonchev–Trinajstić information content (AvgIpc) is 3.12. The molecule has 0 aromatic carbocycles. The third kappa shape index (κ3) is 3.80. The van der Waals surface area contributed by atoms with Crippen LogP contribution >= 0.6 is 11.3 Å². The summed E-state index contributed by atoms with van der Waals surface area (Å²) < 4.78 is 0. The van der Waals surface area contributed by atoms with Crippen LogP contribution < -0.4 is 5.73 Å². The number of hydrogen-bond donors (Lipinski definition) is 1. The smallest absolute Gasteiger partial charge is 0.0596 e. The number of nitrogens with two attached hydrogens (primary N) is 1. The van der Waals surface area contributed by atoms with E-state index in [1.54, 1.807) is 0 Å². The zero-order valence-corrected chi connectivity index (χ0v) is 13.4. The lowest BCUT2D eigenvalue weighted by molar-refractivity contribution is 0.164. The topological polar surface area (TPSA) is 29.3 Å². The van der Waals surface area contributed by atoms with Crippen molar-refractivity contribution in [3.8, 4) is 0 Å². The van der Waals surface area contributed by atoms with Gasteiger partial charge in [0.25, 0.3) is 0 Å². The molecule has 3 heteroatoms. The van der Waals surface area contributed by atoms with E-state index < -0.39 is 0 Å². The quantitative estimate of drug-likeness (QED) is 0.781. The van der Waals surface area contributed by atoms with E-state index in [9.17, 15) is 0 Å². The van der Waals surface area contributed by atoms with Crippen molar-refractivity contribution < 1.29 is 0 Å². The summed E-state index contributed by atoms with van der Waals surface area (Å²) in [5, 5.41) is 2.21. The summed E-state index contributed by atoms with van der Waals surface area (Å²) in [6.45, 7) is 9.12. The van der Waals surface area contributed by atoms with Crippen LogP contribution in [0, 0.1) is 12.8 Å². The summed E-state index contributed by atoms with van der Waals surface area (Å²) in [4.78, 5) is 4.15. The zero-order chi connectivity index (χ0) is 13.8. The standard InChI is InChI=1S/C16H28N2S/c1-4-9-18(11-13-6-7-13)15(14(17)5-2)16-12(3)8-10-19-16/h8,10,13-15H,4-7,9,11,17H2,1-3H3. The van der Waals surface area contributed by atoms with E-state index in [1.165, 1.54) is 42.8 Å². The lowest BCUT2D eigenvalue weighted by atomic mass is 10.00. The largest absolute Gasteiger partial charge is 0.326 e. The van der Waals surface area contributed by atoms with Crippen molar-refractivity contribution in [1.29, 1.82) is 0 Å². The Morgan fingerprint density at radius 2 is 2.16 bits per heavy atom. The van der Waals surface area contributed by atoms with Gasteiger partial charge in [-0.05, 0) is 62.1 Å². The van der Waals surface area contributed by atoms with Crippen molar-refractivity contribution >= 4 is 11.3 Å². The predicted molar refractivity (Wildman–Crippen MR) is 84.7 cm³/mol. The molecule has 1 fully saturated rings. The highest BCUT2D eigenvalue weighted by molar-refractivity contribution is 7.10. The second kappa shape index (κ2) is 6.87. The molecule has 1 aromatic rings. The minimum absolute atomic E-state index is 0.252. The van der Waals surface area contributed by atoms with Crippen LogP contribution in [0.4, 0.5) is 0 Å². The van der Waals surface area contributed by atoms with Crippen molar-refractivity contribution in [1.82, 2.24) is 4.90 Å². The minimum Gasteiger partial charge on any atom is -0.326 e. The summed E-state index contributed by atoms with van der Waals surface area (Å²) in [6.07, 6.45) is 5.09. The van der Waals surface area contributed by atoms with Gasteiger partial charge in [0.05, 0.1) is 6.04 Å². The number of hydrogen-bond acceptors (Lipinski definition) is 3. The second-order valence-electron chi connectivity index (χ2n) is 5.92. The van der Waals surface area contributed by atoms with Crippen LogP contribution in [0.25, 0.3) is 0 Å². The molecule has 2 N–H and O–H groups in total. The highest BCUT2D eigenvalue weighted by atomic mass is 32.1. The Kier molecular flexibility index (Phi) is 5.43. The van der Waals surface area contributed by atoms with E-state index in [0.717, 1.165) is 12.3 Å². The first-order chi connectivity index (χ1) is 9.17.